The number of nitro groups is 1. The number of nitro benzene ring substituents is 1. The molecule has 1 atom stereocenters. The van der Waals surface area contributed by atoms with E-state index < -0.39 is 16.7 Å². The lowest BCUT2D eigenvalue weighted by Gasteiger charge is -2.11. The second-order valence-corrected chi connectivity index (χ2v) is 5.28. The number of phenols is 1. The van der Waals surface area contributed by atoms with Gasteiger partial charge in [-0.3, -0.25) is 14.9 Å². The van der Waals surface area contributed by atoms with E-state index in [0.717, 1.165) is 6.07 Å². The van der Waals surface area contributed by atoms with Crippen molar-refractivity contribution in [1.82, 2.24) is 0 Å². The van der Waals surface area contributed by atoms with E-state index in [-0.39, 0.29) is 17.3 Å². The van der Waals surface area contributed by atoms with Crippen LogP contribution in [0.3, 0.4) is 0 Å². The van der Waals surface area contributed by atoms with Crippen molar-refractivity contribution in [2.45, 2.75) is 13.0 Å². The van der Waals surface area contributed by atoms with Crippen molar-refractivity contribution >= 4 is 28.7 Å². The zero-order chi connectivity index (χ0) is 18.0. The largest absolute Gasteiger partial charge is 0.505 e. The maximum absolute atomic E-state index is 12.5. The Morgan fingerprint density at radius 2 is 1.96 bits per heavy atom. The molecule has 1 unspecified atom stereocenters. The molecule has 1 aliphatic rings. The van der Waals surface area contributed by atoms with Gasteiger partial charge in [-0.25, -0.2) is 0 Å². The van der Waals surface area contributed by atoms with Crippen molar-refractivity contribution < 1.29 is 14.8 Å². The maximum Gasteiger partial charge on any atom is 0.280 e. The molecule has 126 valence electrons. The van der Waals surface area contributed by atoms with Crippen molar-refractivity contribution in [2.75, 3.05) is 5.01 Å². The van der Waals surface area contributed by atoms with Gasteiger partial charge in [-0.1, -0.05) is 18.2 Å². The molecule has 9 heteroatoms. The number of phenolic OH excluding ortho intramolecular Hbond substituents is 1. The first kappa shape index (κ1) is 16.2. The highest BCUT2D eigenvalue weighted by atomic mass is 16.6. The zero-order valence-corrected chi connectivity index (χ0v) is 13.1. The minimum absolute atomic E-state index is 0.0318. The SMILES string of the molecule is CC1=NN(c2ccccc2)C(=O)C1N=Nc1ccc([N+](=O)[O-])cc1O. The van der Waals surface area contributed by atoms with Crippen molar-refractivity contribution in [3.63, 3.8) is 0 Å². The number of rotatable bonds is 4. The van der Waals surface area contributed by atoms with Gasteiger partial charge in [0.25, 0.3) is 11.6 Å². The van der Waals surface area contributed by atoms with E-state index in [0.29, 0.717) is 11.4 Å². The summed E-state index contributed by atoms with van der Waals surface area (Å²) in [4.78, 5) is 22.5. The van der Waals surface area contributed by atoms with Crippen LogP contribution in [0.1, 0.15) is 6.92 Å². The highest BCUT2D eigenvalue weighted by molar-refractivity contribution is 6.18. The molecule has 0 bridgehead atoms. The average molecular weight is 339 g/mol. The average Bonchev–Trinajstić information content (AvgIpc) is 2.89. The third kappa shape index (κ3) is 3.20. The minimum atomic E-state index is -0.908. The topological polar surface area (TPSA) is 121 Å². The third-order valence-electron chi connectivity index (χ3n) is 3.55. The molecule has 1 aliphatic heterocycles. The normalized spacial score (nSPS) is 17.2. The van der Waals surface area contributed by atoms with E-state index in [1.165, 1.54) is 17.1 Å². The molecule has 9 nitrogen and oxygen atoms in total. The Hall–Kier alpha value is -3.62. The molecule has 2 aromatic rings. The number of hydrogen-bond donors (Lipinski definition) is 1. The summed E-state index contributed by atoms with van der Waals surface area (Å²) in [6.07, 6.45) is 0. The first-order valence-electron chi connectivity index (χ1n) is 7.30. The molecule has 1 amide bonds. The molecular formula is C16H13N5O4. The van der Waals surface area contributed by atoms with Crippen LogP contribution < -0.4 is 5.01 Å². The van der Waals surface area contributed by atoms with Gasteiger partial charge in [0.15, 0.2) is 6.04 Å². The Labute approximate surface area is 142 Å². The van der Waals surface area contributed by atoms with Crippen LogP contribution in [0.4, 0.5) is 17.1 Å². The van der Waals surface area contributed by atoms with Gasteiger partial charge in [0.1, 0.15) is 11.4 Å². The van der Waals surface area contributed by atoms with E-state index in [1.807, 2.05) is 6.07 Å². The summed E-state index contributed by atoms with van der Waals surface area (Å²) in [5.74, 6) is -0.758. The lowest BCUT2D eigenvalue weighted by Crippen LogP contribution is -2.29. The number of aromatic hydroxyl groups is 1. The Morgan fingerprint density at radius 1 is 1.24 bits per heavy atom. The van der Waals surface area contributed by atoms with Gasteiger partial charge in [-0.2, -0.15) is 20.3 Å². The number of amides is 1. The number of anilines is 1. The predicted octanol–water partition coefficient (Wildman–Crippen LogP) is 3.18. The highest BCUT2D eigenvalue weighted by Gasteiger charge is 2.34. The quantitative estimate of drug-likeness (QED) is 0.522. The second-order valence-electron chi connectivity index (χ2n) is 5.28. The van der Waals surface area contributed by atoms with Crippen LogP contribution in [-0.2, 0) is 4.79 Å². The number of azo groups is 1. The van der Waals surface area contributed by atoms with Gasteiger partial charge >= 0.3 is 0 Å². The van der Waals surface area contributed by atoms with Crippen LogP contribution in [0, 0.1) is 10.1 Å². The van der Waals surface area contributed by atoms with Gasteiger partial charge in [-0.05, 0) is 25.1 Å². The number of nitrogens with zero attached hydrogens (tertiary/aromatic N) is 5. The summed E-state index contributed by atoms with van der Waals surface area (Å²) in [5.41, 5.74) is 0.840. The van der Waals surface area contributed by atoms with Crippen LogP contribution in [-0.4, -0.2) is 27.7 Å². The smallest absolute Gasteiger partial charge is 0.280 e. The summed E-state index contributed by atoms with van der Waals surface area (Å²) >= 11 is 0. The van der Waals surface area contributed by atoms with Gasteiger partial charge in [-0.15, -0.1) is 0 Å². The Bertz CT molecular complexity index is 895. The fourth-order valence-electron chi connectivity index (χ4n) is 2.27. The van der Waals surface area contributed by atoms with E-state index in [9.17, 15) is 20.0 Å². The Kier molecular flexibility index (Phi) is 4.21. The van der Waals surface area contributed by atoms with Crippen molar-refractivity contribution in [1.29, 1.82) is 0 Å². The number of hydrogen-bond acceptors (Lipinski definition) is 7. The fourth-order valence-corrected chi connectivity index (χ4v) is 2.27. The number of hydrazone groups is 1. The number of carbonyl (C=O) groups excluding carboxylic acids is 1. The number of carbonyl (C=O) groups is 1. The van der Waals surface area contributed by atoms with Gasteiger partial charge in [0.2, 0.25) is 0 Å². The lowest BCUT2D eigenvalue weighted by atomic mass is 10.2. The molecule has 0 radical (unpaired) electrons. The van der Waals surface area contributed by atoms with Crippen LogP contribution in [0.5, 0.6) is 5.75 Å². The van der Waals surface area contributed by atoms with E-state index in [1.54, 1.807) is 31.2 Å². The molecule has 0 saturated carbocycles. The lowest BCUT2D eigenvalue weighted by molar-refractivity contribution is -0.384. The molecule has 1 heterocycles. The monoisotopic (exact) mass is 339 g/mol. The predicted molar refractivity (Wildman–Crippen MR) is 90.1 cm³/mol. The molecule has 25 heavy (non-hydrogen) atoms. The molecule has 2 aromatic carbocycles. The zero-order valence-electron chi connectivity index (χ0n) is 13.1. The van der Waals surface area contributed by atoms with Gasteiger partial charge < -0.3 is 5.11 Å². The third-order valence-corrected chi connectivity index (χ3v) is 3.55. The number of para-hydroxylation sites is 1. The standard InChI is InChI=1S/C16H13N5O4/c1-10-15(16(23)20(19-10)11-5-3-2-4-6-11)18-17-13-8-7-12(21(24)25)9-14(13)22/h2-9,15,22H,1H3. The number of non-ortho nitro benzene ring substituents is 1. The molecular weight excluding hydrogens is 326 g/mol. The van der Waals surface area contributed by atoms with E-state index in [4.69, 9.17) is 0 Å². The van der Waals surface area contributed by atoms with E-state index >= 15 is 0 Å². The van der Waals surface area contributed by atoms with Crippen molar-refractivity contribution in [3.8, 4) is 5.75 Å². The van der Waals surface area contributed by atoms with Crippen molar-refractivity contribution in [2.24, 2.45) is 15.3 Å². The van der Waals surface area contributed by atoms with Crippen LogP contribution in [0.25, 0.3) is 0 Å². The minimum Gasteiger partial charge on any atom is -0.505 e. The number of benzene rings is 2. The summed E-state index contributed by atoms with van der Waals surface area (Å²) in [6.45, 7) is 1.65. The summed E-state index contributed by atoms with van der Waals surface area (Å²) in [5, 5.41) is 33.7. The second kappa shape index (κ2) is 6.48. The molecule has 0 fully saturated rings. The van der Waals surface area contributed by atoms with Crippen LogP contribution in [0.2, 0.25) is 0 Å². The van der Waals surface area contributed by atoms with Crippen LogP contribution in [0.15, 0.2) is 63.9 Å². The highest BCUT2D eigenvalue weighted by Crippen LogP contribution is 2.31. The summed E-state index contributed by atoms with van der Waals surface area (Å²) in [7, 11) is 0. The first-order chi connectivity index (χ1) is 12.0. The van der Waals surface area contributed by atoms with Crippen molar-refractivity contribution in [3.05, 3.63) is 58.6 Å². The van der Waals surface area contributed by atoms with E-state index in [2.05, 4.69) is 15.3 Å². The first-order valence-corrected chi connectivity index (χ1v) is 7.30. The molecule has 0 spiro atoms. The molecule has 0 aliphatic carbocycles. The van der Waals surface area contributed by atoms with Crippen LogP contribution >= 0.6 is 0 Å². The summed E-state index contributed by atoms with van der Waals surface area (Å²) in [6, 6.07) is 11.4. The van der Waals surface area contributed by atoms with Gasteiger partial charge in [0.05, 0.1) is 22.4 Å². The Balaban J connectivity index is 1.82. The summed E-state index contributed by atoms with van der Waals surface area (Å²) < 4.78 is 0. The molecule has 0 saturated heterocycles. The Morgan fingerprint density at radius 3 is 2.60 bits per heavy atom. The molecule has 1 N–H and O–H groups in total. The van der Waals surface area contributed by atoms with Gasteiger partial charge in [0, 0.05) is 6.07 Å². The maximum atomic E-state index is 12.5. The molecule has 0 aromatic heterocycles. The fraction of sp³-hybridized carbons (Fsp3) is 0.125. The molecule has 3 rings (SSSR count).